The highest BCUT2D eigenvalue weighted by Crippen LogP contribution is 2.32. The number of hydrogen-bond donors (Lipinski definition) is 1. The summed E-state index contributed by atoms with van der Waals surface area (Å²) in [6.45, 7) is 5.98. The van der Waals surface area contributed by atoms with Gasteiger partial charge in [0.15, 0.2) is 11.5 Å². The maximum atomic E-state index is 13.5. The van der Waals surface area contributed by atoms with Gasteiger partial charge in [0.05, 0.1) is 31.9 Å². The van der Waals surface area contributed by atoms with E-state index in [9.17, 15) is 13.2 Å². The lowest BCUT2D eigenvalue weighted by atomic mass is 9.97. The number of anilines is 1. The molecule has 0 aromatic heterocycles. The molecule has 0 saturated carbocycles. The van der Waals surface area contributed by atoms with Gasteiger partial charge < -0.3 is 19.5 Å². The molecule has 0 aliphatic heterocycles. The summed E-state index contributed by atoms with van der Waals surface area (Å²) in [5, 5.41) is 2.80. The number of rotatable bonds is 9. The summed E-state index contributed by atoms with van der Waals surface area (Å²) in [4.78, 5) is 12.6. The van der Waals surface area contributed by atoms with Crippen molar-refractivity contribution in [1.82, 2.24) is 5.32 Å². The van der Waals surface area contributed by atoms with E-state index < -0.39 is 15.9 Å². The lowest BCUT2D eigenvalue weighted by Crippen LogP contribution is -2.43. The average molecular weight is 451 g/mol. The second-order valence-electron chi connectivity index (χ2n) is 8.06. The molecule has 2 aromatic rings. The number of carbonyl (C=O) groups excluding carboxylic acids is 1. The van der Waals surface area contributed by atoms with Crippen molar-refractivity contribution < 1.29 is 27.4 Å². The summed E-state index contributed by atoms with van der Waals surface area (Å²) < 4.78 is 43.7. The monoisotopic (exact) mass is 450 g/mol. The largest absolute Gasteiger partial charge is 0.497 e. The van der Waals surface area contributed by atoms with Gasteiger partial charge in [-0.2, -0.15) is 0 Å². The maximum Gasteiger partial charge on any atom is 0.264 e. The standard InChI is InChI=1S/C22H30N2O6S/c1-22(2,3)15-23-21(25)14-24(16-7-9-17(28-4)10-8-16)31(26,27)18-11-12-19(29-5)20(13-18)30-6/h7-13H,14-15H2,1-6H3,(H,23,25). The fourth-order valence-electron chi connectivity index (χ4n) is 2.72. The fraction of sp³-hybridized carbons (Fsp3) is 0.409. The summed E-state index contributed by atoms with van der Waals surface area (Å²) in [5.41, 5.74) is 0.199. The Hall–Kier alpha value is -2.94. The van der Waals surface area contributed by atoms with Crippen LogP contribution in [-0.2, 0) is 14.8 Å². The van der Waals surface area contributed by atoms with Crippen molar-refractivity contribution in [3.8, 4) is 17.2 Å². The summed E-state index contributed by atoms with van der Waals surface area (Å²) in [6, 6.07) is 10.8. The Morgan fingerprint density at radius 2 is 1.55 bits per heavy atom. The van der Waals surface area contributed by atoms with Crippen molar-refractivity contribution in [2.75, 3.05) is 38.7 Å². The first-order valence-corrected chi connectivity index (χ1v) is 11.1. The quantitative estimate of drug-likeness (QED) is 0.631. The molecular formula is C22H30N2O6S. The molecule has 0 fully saturated rings. The number of nitrogens with zero attached hydrogens (tertiary/aromatic N) is 1. The third-order valence-corrected chi connectivity index (χ3v) is 6.18. The number of methoxy groups -OCH3 is 3. The summed E-state index contributed by atoms with van der Waals surface area (Å²) >= 11 is 0. The van der Waals surface area contributed by atoms with E-state index in [2.05, 4.69) is 5.32 Å². The number of benzene rings is 2. The van der Waals surface area contributed by atoms with Crippen molar-refractivity contribution in [2.24, 2.45) is 5.41 Å². The fourth-order valence-corrected chi connectivity index (χ4v) is 4.15. The van der Waals surface area contributed by atoms with Gasteiger partial charge in [-0.05, 0) is 41.8 Å². The van der Waals surface area contributed by atoms with Crippen molar-refractivity contribution in [1.29, 1.82) is 0 Å². The third kappa shape index (κ3) is 6.27. The van der Waals surface area contributed by atoms with E-state index in [-0.39, 0.29) is 22.6 Å². The van der Waals surface area contributed by atoms with Crippen LogP contribution in [0.2, 0.25) is 0 Å². The second-order valence-corrected chi connectivity index (χ2v) is 9.93. The molecule has 9 heteroatoms. The number of sulfonamides is 1. The number of carbonyl (C=O) groups is 1. The molecule has 8 nitrogen and oxygen atoms in total. The predicted octanol–water partition coefficient (Wildman–Crippen LogP) is 3.07. The summed E-state index contributed by atoms with van der Waals surface area (Å²) in [7, 11) is 0.330. The van der Waals surface area contributed by atoms with Gasteiger partial charge in [-0.15, -0.1) is 0 Å². The van der Waals surface area contributed by atoms with Crippen LogP contribution >= 0.6 is 0 Å². The molecule has 0 atom stereocenters. The van der Waals surface area contributed by atoms with Crippen LogP contribution in [0, 0.1) is 5.41 Å². The second kappa shape index (κ2) is 9.91. The topological polar surface area (TPSA) is 94.2 Å². The Morgan fingerprint density at radius 1 is 0.935 bits per heavy atom. The molecule has 0 spiro atoms. The first-order chi connectivity index (χ1) is 14.5. The zero-order valence-corrected chi connectivity index (χ0v) is 19.6. The number of amides is 1. The molecule has 0 unspecified atom stereocenters. The third-order valence-electron chi connectivity index (χ3n) is 4.41. The first-order valence-electron chi connectivity index (χ1n) is 9.67. The molecule has 31 heavy (non-hydrogen) atoms. The van der Waals surface area contributed by atoms with Gasteiger partial charge in [0.1, 0.15) is 12.3 Å². The normalized spacial score (nSPS) is 11.5. The van der Waals surface area contributed by atoms with Crippen LogP contribution < -0.4 is 23.8 Å². The summed E-state index contributed by atoms with van der Waals surface area (Å²) in [5.74, 6) is 0.843. The maximum absolute atomic E-state index is 13.5. The molecule has 0 radical (unpaired) electrons. The van der Waals surface area contributed by atoms with E-state index in [1.54, 1.807) is 24.3 Å². The minimum Gasteiger partial charge on any atom is -0.497 e. The molecule has 1 N–H and O–H groups in total. The van der Waals surface area contributed by atoms with Gasteiger partial charge in [-0.25, -0.2) is 8.42 Å². The highest BCUT2D eigenvalue weighted by Gasteiger charge is 2.28. The minimum atomic E-state index is -4.08. The van der Waals surface area contributed by atoms with Gasteiger partial charge in [-0.3, -0.25) is 9.10 Å². The first kappa shape index (κ1) is 24.3. The molecule has 0 saturated heterocycles. The molecule has 170 valence electrons. The Labute approximate surface area is 184 Å². The van der Waals surface area contributed by atoms with Crippen LogP contribution in [0.3, 0.4) is 0 Å². The van der Waals surface area contributed by atoms with Crippen LogP contribution in [0.15, 0.2) is 47.4 Å². The van der Waals surface area contributed by atoms with Crippen molar-refractivity contribution in [3.05, 3.63) is 42.5 Å². The van der Waals surface area contributed by atoms with Gasteiger partial charge in [0.25, 0.3) is 10.0 Å². The van der Waals surface area contributed by atoms with E-state index >= 15 is 0 Å². The Kier molecular flexibility index (Phi) is 7.78. The highest BCUT2D eigenvalue weighted by atomic mass is 32.2. The smallest absolute Gasteiger partial charge is 0.264 e. The van der Waals surface area contributed by atoms with E-state index in [0.717, 1.165) is 4.31 Å². The predicted molar refractivity (Wildman–Crippen MR) is 120 cm³/mol. The molecule has 0 bridgehead atoms. The molecule has 2 rings (SSSR count). The SMILES string of the molecule is COc1ccc(N(CC(=O)NCC(C)(C)C)S(=O)(=O)c2ccc(OC)c(OC)c2)cc1. The number of nitrogens with one attached hydrogen (secondary N) is 1. The average Bonchev–Trinajstić information content (AvgIpc) is 2.75. The Morgan fingerprint density at radius 3 is 2.06 bits per heavy atom. The molecule has 1 amide bonds. The van der Waals surface area contributed by atoms with Gasteiger partial charge in [0, 0.05) is 12.6 Å². The molecule has 2 aromatic carbocycles. The van der Waals surface area contributed by atoms with Gasteiger partial charge in [0.2, 0.25) is 5.91 Å². The molecule has 0 aliphatic rings. The van der Waals surface area contributed by atoms with Crippen molar-refractivity contribution >= 4 is 21.6 Å². The van der Waals surface area contributed by atoms with E-state index in [1.165, 1.54) is 39.5 Å². The van der Waals surface area contributed by atoms with Crippen LogP contribution in [0.5, 0.6) is 17.2 Å². The molecular weight excluding hydrogens is 420 g/mol. The van der Waals surface area contributed by atoms with Crippen LogP contribution in [0.1, 0.15) is 20.8 Å². The Balaban J connectivity index is 2.46. The van der Waals surface area contributed by atoms with Crippen LogP contribution in [-0.4, -0.2) is 48.7 Å². The minimum absolute atomic E-state index is 0.0235. The van der Waals surface area contributed by atoms with Gasteiger partial charge in [-0.1, -0.05) is 20.8 Å². The zero-order chi connectivity index (χ0) is 23.2. The highest BCUT2D eigenvalue weighted by molar-refractivity contribution is 7.92. The lowest BCUT2D eigenvalue weighted by molar-refractivity contribution is -0.120. The zero-order valence-electron chi connectivity index (χ0n) is 18.8. The number of hydrogen-bond acceptors (Lipinski definition) is 6. The van der Waals surface area contributed by atoms with E-state index in [0.29, 0.717) is 23.7 Å². The summed E-state index contributed by atoms with van der Waals surface area (Å²) in [6.07, 6.45) is 0. The van der Waals surface area contributed by atoms with Crippen molar-refractivity contribution in [2.45, 2.75) is 25.7 Å². The van der Waals surface area contributed by atoms with E-state index in [4.69, 9.17) is 14.2 Å². The van der Waals surface area contributed by atoms with E-state index in [1.807, 2.05) is 20.8 Å². The molecule has 0 aliphatic carbocycles. The van der Waals surface area contributed by atoms with Crippen LogP contribution in [0.4, 0.5) is 5.69 Å². The van der Waals surface area contributed by atoms with Crippen LogP contribution in [0.25, 0.3) is 0 Å². The number of ether oxygens (including phenoxy) is 3. The van der Waals surface area contributed by atoms with Crippen molar-refractivity contribution in [3.63, 3.8) is 0 Å². The van der Waals surface area contributed by atoms with Gasteiger partial charge >= 0.3 is 0 Å². The molecule has 0 heterocycles. The Bertz CT molecular complexity index is 998. The lowest BCUT2D eigenvalue weighted by Gasteiger charge is -2.26.